The number of furan rings is 1. The number of carbonyl (C=O) groups is 1. The predicted molar refractivity (Wildman–Crippen MR) is 55.5 cm³/mol. The third-order valence-corrected chi connectivity index (χ3v) is 2.51. The minimum atomic E-state index is -0.190. The standard InChI is InChI=1S/C10H14ClNO2/c1-6(2)7(3)12-10(13)8-4-5-14-9(8)11/h4-7H,1-3H3,(H,12,13). The van der Waals surface area contributed by atoms with Crippen molar-refractivity contribution in [3.63, 3.8) is 0 Å². The van der Waals surface area contributed by atoms with Crippen molar-refractivity contribution in [3.05, 3.63) is 23.1 Å². The van der Waals surface area contributed by atoms with Gasteiger partial charge in [0.05, 0.1) is 11.8 Å². The summed E-state index contributed by atoms with van der Waals surface area (Å²) >= 11 is 5.67. The topological polar surface area (TPSA) is 42.2 Å². The first-order chi connectivity index (χ1) is 6.52. The molecule has 0 saturated heterocycles. The first kappa shape index (κ1) is 11.1. The summed E-state index contributed by atoms with van der Waals surface area (Å²) < 4.78 is 4.83. The van der Waals surface area contributed by atoms with Gasteiger partial charge >= 0.3 is 0 Å². The van der Waals surface area contributed by atoms with E-state index in [0.29, 0.717) is 11.5 Å². The molecule has 0 radical (unpaired) electrons. The fourth-order valence-corrected chi connectivity index (χ4v) is 1.11. The van der Waals surface area contributed by atoms with Crippen LogP contribution in [-0.2, 0) is 0 Å². The van der Waals surface area contributed by atoms with Gasteiger partial charge in [-0.25, -0.2) is 0 Å². The van der Waals surface area contributed by atoms with Gasteiger partial charge in [-0.3, -0.25) is 4.79 Å². The molecule has 1 rings (SSSR count). The van der Waals surface area contributed by atoms with Gasteiger partial charge < -0.3 is 9.73 Å². The van der Waals surface area contributed by atoms with Crippen LogP contribution in [0.3, 0.4) is 0 Å². The Labute approximate surface area is 88.4 Å². The van der Waals surface area contributed by atoms with Crippen molar-refractivity contribution in [1.29, 1.82) is 0 Å². The van der Waals surface area contributed by atoms with Crippen LogP contribution in [0.4, 0.5) is 0 Å². The highest BCUT2D eigenvalue weighted by atomic mass is 35.5. The molecule has 14 heavy (non-hydrogen) atoms. The molecule has 0 aromatic carbocycles. The van der Waals surface area contributed by atoms with E-state index < -0.39 is 0 Å². The van der Waals surface area contributed by atoms with Crippen molar-refractivity contribution in [1.82, 2.24) is 5.32 Å². The van der Waals surface area contributed by atoms with E-state index in [-0.39, 0.29) is 17.2 Å². The summed E-state index contributed by atoms with van der Waals surface area (Å²) in [7, 11) is 0. The molecule has 0 aliphatic carbocycles. The number of halogens is 1. The quantitative estimate of drug-likeness (QED) is 0.843. The van der Waals surface area contributed by atoms with Crippen molar-refractivity contribution >= 4 is 17.5 Å². The molecule has 0 spiro atoms. The van der Waals surface area contributed by atoms with Crippen LogP contribution in [0.5, 0.6) is 0 Å². The van der Waals surface area contributed by atoms with Crippen LogP contribution < -0.4 is 5.32 Å². The van der Waals surface area contributed by atoms with Gasteiger partial charge in [-0.2, -0.15) is 0 Å². The van der Waals surface area contributed by atoms with Crippen molar-refractivity contribution in [3.8, 4) is 0 Å². The smallest absolute Gasteiger partial charge is 0.256 e. The molecule has 3 nitrogen and oxygen atoms in total. The molecular weight excluding hydrogens is 202 g/mol. The molecule has 1 unspecified atom stereocenters. The molecule has 1 N–H and O–H groups in total. The lowest BCUT2D eigenvalue weighted by molar-refractivity contribution is 0.0930. The highest BCUT2D eigenvalue weighted by molar-refractivity contribution is 6.32. The molecule has 78 valence electrons. The maximum absolute atomic E-state index is 11.6. The summed E-state index contributed by atoms with van der Waals surface area (Å²) in [6, 6.07) is 1.68. The lowest BCUT2D eigenvalue weighted by Gasteiger charge is -2.16. The van der Waals surface area contributed by atoms with Crippen LogP contribution in [0.1, 0.15) is 31.1 Å². The van der Waals surface area contributed by atoms with Gasteiger partial charge in [-0.05, 0) is 30.5 Å². The average molecular weight is 216 g/mol. The van der Waals surface area contributed by atoms with Crippen molar-refractivity contribution in [2.45, 2.75) is 26.8 Å². The Bertz CT molecular complexity index is 320. The molecule has 0 aliphatic heterocycles. The number of amides is 1. The minimum Gasteiger partial charge on any atom is -0.452 e. The Morgan fingerprint density at radius 3 is 2.57 bits per heavy atom. The molecule has 1 amide bonds. The molecule has 0 bridgehead atoms. The highest BCUT2D eigenvalue weighted by Gasteiger charge is 2.16. The number of hydrogen-bond acceptors (Lipinski definition) is 2. The van der Waals surface area contributed by atoms with E-state index in [4.69, 9.17) is 16.0 Å². The second kappa shape index (κ2) is 4.51. The Morgan fingerprint density at radius 1 is 1.50 bits per heavy atom. The number of nitrogens with one attached hydrogen (secondary N) is 1. The van der Waals surface area contributed by atoms with Crippen LogP contribution in [0.2, 0.25) is 5.22 Å². The second-order valence-electron chi connectivity index (χ2n) is 3.61. The molecule has 1 aromatic heterocycles. The van der Waals surface area contributed by atoms with Crippen LogP contribution in [0.15, 0.2) is 16.7 Å². The van der Waals surface area contributed by atoms with Gasteiger partial charge in [0.1, 0.15) is 0 Å². The third-order valence-electron chi connectivity index (χ3n) is 2.22. The first-order valence-corrected chi connectivity index (χ1v) is 4.94. The fourth-order valence-electron chi connectivity index (χ4n) is 0.907. The summed E-state index contributed by atoms with van der Waals surface area (Å²) in [6.07, 6.45) is 1.40. The van der Waals surface area contributed by atoms with E-state index in [1.54, 1.807) is 6.07 Å². The van der Waals surface area contributed by atoms with E-state index in [0.717, 1.165) is 0 Å². The minimum absolute atomic E-state index is 0.119. The lowest BCUT2D eigenvalue weighted by atomic mass is 10.1. The summed E-state index contributed by atoms with van der Waals surface area (Å²) in [4.78, 5) is 11.6. The molecule has 4 heteroatoms. The molecule has 1 atom stereocenters. The van der Waals surface area contributed by atoms with Gasteiger partial charge in [0.2, 0.25) is 5.22 Å². The molecule has 1 heterocycles. The molecular formula is C10H14ClNO2. The zero-order chi connectivity index (χ0) is 10.7. The van der Waals surface area contributed by atoms with Gasteiger partial charge in [0, 0.05) is 6.04 Å². The summed E-state index contributed by atoms with van der Waals surface area (Å²) in [6.45, 7) is 6.04. The Balaban J connectivity index is 2.64. The summed E-state index contributed by atoms with van der Waals surface area (Å²) in [5.41, 5.74) is 0.388. The lowest BCUT2D eigenvalue weighted by Crippen LogP contribution is -2.35. The molecule has 0 aliphatic rings. The zero-order valence-electron chi connectivity index (χ0n) is 8.50. The van der Waals surface area contributed by atoms with Gasteiger partial charge in [0.15, 0.2) is 0 Å². The van der Waals surface area contributed by atoms with Gasteiger partial charge in [0.25, 0.3) is 5.91 Å². The Kier molecular flexibility index (Phi) is 3.58. The second-order valence-corrected chi connectivity index (χ2v) is 3.96. The SMILES string of the molecule is CC(C)C(C)NC(=O)c1ccoc1Cl. The number of rotatable bonds is 3. The third kappa shape index (κ3) is 2.51. The maximum atomic E-state index is 11.6. The van der Waals surface area contributed by atoms with E-state index in [9.17, 15) is 4.79 Å². The normalized spacial score (nSPS) is 12.9. The molecule has 0 saturated carbocycles. The average Bonchev–Trinajstić information content (AvgIpc) is 2.51. The van der Waals surface area contributed by atoms with Crippen molar-refractivity contribution in [2.75, 3.05) is 0 Å². The monoisotopic (exact) mass is 215 g/mol. The van der Waals surface area contributed by atoms with Crippen LogP contribution in [0.25, 0.3) is 0 Å². The fraction of sp³-hybridized carbons (Fsp3) is 0.500. The van der Waals surface area contributed by atoms with E-state index in [2.05, 4.69) is 5.32 Å². The number of hydrogen-bond donors (Lipinski definition) is 1. The summed E-state index contributed by atoms with van der Waals surface area (Å²) in [5, 5.41) is 2.98. The van der Waals surface area contributed by atoms with Crippen LogP contribution in [0, 0.1) is 5.92 Å². The highest BCUT2D eigenvalue weighted by Crippen LogP contribution is 2.16. The Hall–Kier alpha value is -0.960. The van der Waals surface area contributed by atoms with Crippen LogP contribution in [-0.4, -0.2) is 11.9 Å². The van der Waals surface area contributed by atoms with E-state index in [1.807, 2.05) is 20.8 Å². The largest absolute Gasteiger partial charge is 0.452 e. The van der Waals surface area contributed by atoms with E-state index in [1.165, 1.54) is 6.26 Å². The first-order valence-electron chi connectivity index (χ1n) is 4.56. The van der Waals surface area contributed by atoms with Crippen molar-refractivity contribution < 1.29 is 9.21 Å². The van der Waals surface area contributed by atoms with Crippen molar-refractivity contribution in [2.24, 2.45) is 5.92 Å². The molecule has 1 aromatic rings. The predicted octanol–water partition coefficient (Wildman–Crippen LogP) is 2.71. The maximum Gasteiger partial charge on any atom is 0.256 e. The number of carbonyl (C=O) groups excluding carboxylic acids is 1. The zero-order valence-corrected chi connectivity index (χ0v) is 9.26. The molecule has 0 fully saturated rings. The van der Waals surface area contributed by atoms with Gasteiger partial charge in [-0.15, -0.1) is 0 Å². The van der Waals surface area contributed by atoms with Gasteiger partial charge in [-0.1, -0.05) is 13.8 Å². The van der Waals surface area contributed by atoms with Crippen LogP contribution >= 0.6 is 11.6 Å². The Morgan fingerprint density at radius 2 is 2.14 bits per heavy atom. The summed E-state index contributed by atoms with van der Waals surface area (Å²) in [5.74, 6) is 0.203. The van der Waals surface area contributed by atoms with E-state index >= 15 is 0 Å².